The monoisotopic (exact) mass is 213 g/mol. The van der Waals surface area contributed by atoms with Gasteiger partial charge in [0.15, 0.2) is 0 Å². The third-order valence-corrected chi connectivity index (χ3v) is 4.26. The van der Waals surface area contributed by atoms with Crippen LogP contribution in [0.3, 0.4) is 0 Å². The summed E-state index contributed by atoms with van der Waals surface area (Å²) in [5.74, 6) is 4.11. The van der Waals surface area contributed by atoms with Gasteiger partial charge in [-0.05, 0) is 43.2 Å². The van der Waals surface area contributed by atoms with Gasteiger partial charge in [0.2, 0.25) is 0 Å². The number of nitrogens with one attached hydrogen (secondary N) is 1. The summed E-state index contributed by atoms with van der Waals surface area (Å²) in [6.07, 6.45) is 1.31. The van der Waals surface area contributed by atoms with Gasteiger partial charge in [0.1, 0.15) is 0 Å². The number of hydrogen-bond acceptors (Lipinski definition) is 1. The van der Waals surface area contributed by atoms with Crippen LogP contribution in [-0.4, -0.2) is 13.6 Å². The number of hydrogen-bond donors (Lipinski definition) is 1. The molecule has 0 spiro atoms. The van der Waals surface area contributed by atoms with Gasteiger partial charge >= 0.3 is 0 Å². The topological polar surface area (TPSA) is 12.0 Å². The van der Waals surface area contributed by atoms with Crippen molar-refractivity contribution in [3.8, 4) is 0 Å². The Morgan fingerprint density at radius 2 is 1.47 bits per heavy atom. The zero-order valence-corrected chi connectivity index (χ0v) is 11.8. The highest BCUT2D eigenvalue weighted by Gasteiger charge is 2.26. The van der Waals surface area contributed by atoms with Crippen molar-refractivity contribution in [3.63, 3.8) is 0 Å². The standard InChI is InChI=1S/C14H31N/c1-8-14(10(2)3)13(6)12(5)11(4)9-15-7/h10-15H,8-9H2,1-7H3/t11?,12?,13?,14-/m0/s1. The molecular formula is C14H31N. The van der Waals surface area contributed by atoms with E-state index in [0.29, 0.717) is 0 Å². The minimum atomic E-state index is 0.776. The highest BCUT2D eigenvalue weighted by Crippen LogP contribution is 2.33. The van der Waals surface area contributed by atoms with Gasteiger partial charge in [0, 0.05) is 0 Å². The fraction of sp³-hybridized carbons (Fsp3) is 1.00. The molecule has 15 heavy (non-hydrogen) atoms. The summed E-state index contributed by atoms with van der Waals surface area (Å²) >= 11 is 0. The largest absolute Gasteiger partial charge is 0.319 e. The van der Waals surface area contributed by atoms with E-state index in [1.807, 2.05) is 7.05 Å². The molecule has 0 saturated heterocycles. The van der Waals surface area contributed by atoms with Crippen molar-refractivity contribution in [1.82, 2.24) is 5.32 Å². The van der Waals surface area contributed by atoms with Crippen LogP contribution in [0.5, 0.6) is 0 Å². The normalized spacial score (nSPS) is 20.0. The van der Waals surface area contributed by atoms with Crippen molar-refractivity contribution in [2.75, 3.05) is 13.6 Å². The summed E-state index contributed by atoms with van der Waals surface area (Å²) in [6.45, 7) is 15.4. The lowest BCUT2D eigenvalue weighted by Crippen LogP contribution is -2.31. The lowest BCUT2D eigenvalue weighted by molar-refractivity contribution is 0.157. The van der Waals surface area contributed by atoms with Crippen molar-refractivity contribution in [2.45, 2.75) is 48.0 Å². The van der Waals surface area contributed by atoms with E-state index < -0.39 is 0 Å². The molecule has 0 aromatic carbocycles. The molecule has 0 radical (unpaired) electrons. The van der Waals surface area contributed by atoms with E-state index in [2.05, 4.69) is 46.9 Å². The molecule has 4 atom stereocenters. The molecule has 0 aliphatic heterocycles. The fourth-order valence-corrected chi connectivity index (χ4v) is 2.87. The number of rotatable bonds is 7. The van der Waals surface area contributed by atoms with E-state index in [-0.39, 0.29) is 0 Å². The van der Waals surface area contributed by atoms with Crippen LogP contribution >= 0.6 is 0 Å². The first-order valence-corrected chi connectivity index (χ1v) is 6.60. The highest BCUT2D eigenvalue weighted by atomic mass is 14.8. The molecule has 0 aromatic heterocycles. The highest BCUT2D eigenvalue weighted by molar-refractivity contribution is 4.76. The molecule has 0 aliphatic carbocycles. The molecule has 1 heteroatoms. The van der Waals surface area contributed by atoms with Gasteiger partial charge in [-0.3, -0.25) is 0 Å². The summed E-state index contributed by atoms with van der Waals surface area (Å²) in [5, 5.41) is 3.29. The molecule has 0 aromatic rings. The minimum absolute atomic E-state index is 0.776. The summed E-state index contributed by atoms with van der Waals surface area (Å²) in [7, 11) is 2.05. The summed E-state index contributed by atoms with van der Waals surface area (Å²) in [5.41, 5.74) is 0. The molecule has 0 aliphatic rings. The predicted molar refractivity (Wildman–Crippen MR) is 70.0 cm³/mol. The SMILES string of the molecule is CC[C@@H](C(C)C)C(C)C(C)C(C)CNC. The van der Waals surface area contributed by atoms with Crippen LogP contribution < -0.4 is 5.32 Å². The van der Waals surface area contributed by atoms with Crippen molar-refractivity contribution in [3.05, 3.63) is 0 Å². The third-order valence-electron chi connectivity index (χ3n) is 4.26. The average Bonchev–Trinajstić information content (AvgIpc) is 2.17. The van der Waals surface area contributed by atoms with E-state index >= 15 is 0 Å². The molecular weight excluding hydrogens is 182 g/mol. The van der Waals surface area contributed by atoms with Crippen LogP contribution in [0.4, 0.5) is 0 Å². The Morgan fingerprint density at radius 3 is 1.80 bits per heavy atom. The zero-order chi connectivity index (χ0) is 12.0. The van der Waals surface area contributed by atoms with Gasteiger partial charge in [0.25, 0.3) is 0 Å². The van der Waals surface area contributed by atoms with E-state index in [9.17, 15) is 0 Å². The summed E-state index contributed by atoms with van der Waals surface area (Å²) in [6, 6.07) is 0. The smallest absolute Gasteiger partial charge is 0.00235 e. The van der Waals surface area contributed by atoms with Crippen molar-refractivity contribution < 1.29 is 0 Å². The Morgan fingerprint density at radius 1 is 0.933 bits per heavy atom. The first kappa shape index (κ1) is 15.0. The van der Waals surface area contributed by atoms with Crippen LogP contribution in [0.15, 0.2) is 0 Å². The van der Waals surface area contributed by atoms with E-state index in [0.717, 1.165) is 36.1 Å². The molecule has 1 N–H and O–H groups in total. The maximum Gasteiger partial charge on any atom is -0.00235 e. The van der Waals surface area contributed by atoms with Gasteiger partial charge in [-0.15, -0.1) is 0 Å². The van der Waals surface area contributed by atoms with Crippen LogP contribution in [0.2, 0.25) is 0 Å². The van der Waals surface area contributed by atoms with Crippen molar-refractivity contribution in [1.29, 1.82) is 0 Å². The third kappa shape index (κ3) is 4.55. The van der Waals surface area contributed by atoms with Crippen LogP contribution in [0, 0.1) is 29.6 Å². The van der Waals surface area contributed by atoms with Gasteiger partial charge in [-0.2, -0.15) is 0 Å². The molecule has 3 unspecified atom stereocenters. The lowest BCUT2D eigenvalue weighted by Gasteiger charge is -2.34. The van der Waals surface area contributed by atoms with Gasteiger partial charge in [0.05, 0.1) is 0 Å². The van der Waals surface area contributed by atoms with E-state index in [1.165, 1.54) is 6.42 Å². The fourth-order valence-electron chi connectivity index (χ4n) is 2.87. The van der Waals surface area contributed by atoms with Gasteiger partial charge < -0.3 is 5.32 Å². The van der Waals surface area contributed by atoms with E-state index in [4.69, 9.17) is 0 Å². The van der Waals surface area contributed by atoms with E-state index in [1.54, 1.807) is 0 Å². The molecule has 0 fully saturated rings. The second-order valence-electron chi connectivity index (χ2n) is 5.57. The predicted octanol–water partition coefficient (Wildman–Crippen LogP) is 3.80. The minimum Gasteiger partial charge on any atom is -0.319 e. The Labute approximate surface area is 97.0 Å². The van der Waals surface area contributed by atoms with Crippen molar-refractivity contribution >= 4 is 0 Å². The second-order valence-corrected chi connectivity index (χ2v) is 5.57. The molecule has 0 bridgehead atoms. The molecule has 0 saturated carbocycles. The molecule has 92 valence electrons. The Hall–Kier alpha value is -0.0400. The molecule has 1 nitrogen and oxygen atoms in total. The van der Waals surface area contributed by atoms with Crippen LogP contribution in [-0.2, 0) is 0 Å². The molecule has 0 amide bonds. The Balaban J connectivity index is 4.32. The summed E-state index contributed by atoms with van der Waals surface area (Å²) in [4.78, 5) is 0. The molecule has 0 heterocycles. The first-order valence-electron chi connectivity index (χ1n) is 6.60. The van der Waals surface area contributed by atoms with Gasteiger partial charge in [-0.25, -0.2) is 0 Å². The van der Waals surface area contributed by atoms with Gasteiger partial charge in [-0.1, -0.05) is 48.0 Å². The molecule has 0 rings (SSSR count). The maximum absolute atomic E-state index is 3.29. The quantitative estimate of drug-likeness (QED) is 0.678. The summed E-state index contributed by atoms with van der Waals surface area (Å²) < 4.78 is 0. The van der Waals surface area contributed by atoms with Crippen LogP contribution in [0.1, 0.15) is 48.0 Å². The average molecular weight is 213 g/mol. The maximum atomic E-state index is 3.29. The van der Waals surface area contributed by atoms with Crippen molar-refractivity contribution in [2.24, 2.45) is 29.6 Å². The first-order chi connectivity index (χ1) is 6.95. The second kappa shape index (κ2) is 7.27. The zero-order valence-electron chi connectivity index (χ0n) is 11.8. The Kier molecular flexibility index (Phi) is 7.25. The Bertz CT molecular complexity index is 153. The lowest BCUT2D eigenvalue weighted by atomic mass is 9.72. The van der Waals surface area contributed by atoms with Crippen LogP contribution in [0.25, 0.3) is 0 Å².